The van der Waals surface area contributed by atoms with E-state index in [9.17, 15) is 23.4 Å². The number of nitrogens with zero attached hydrogens (tertiary/aromatic N) is 2. The van der Waals surface area contributed by atoms with E-state index in [-0.39, 0.29) is 5.82 Å². The topological polar surface area (TPSA) is 230 Å². The van der Waals surface area contributed by atoms with Gasteiger partial charge in [-0.3, -0.25) is 9.09 Å². The molecule has 1 aromatic heterocycles. The van der Waals surface area contributed by atoms with Gasteiger partial charge >= 0.3 is 29.2 Å². The summed E-state index contributed by atoms with van der Waals surface area (Å²) in [6.45, 7) is -0.673. The van der Waals surface area contributed by atoms with Gasteiger partial charge in [-0.05, 0) is 12.1 Å². The highest BCUT2D eigenvalue weighted by Gasteiger charge is 2.41. The van der Waals surface area contributed by atoms with Crippen LogP contribution in [0.5, 0.6) is 0 Å². The van der Waals surface area contributed by atoms with Crippen LogP contribution in [0.1, 0.15) is 6.23 Å². The zero-order valence-corrected chi connectivity index (χ0v) is 15.7. The van der Waals surface area contributed by atoms with Gasteiger partial charge < -0.3 is 30.0 Å². The molecule has 0 saturated carbocycles. The fourth-order valence-corrected chi connectivity index (χ4v) is 4.86. The molecule has 0 fully saturated rings. The van der Waals surface area contributed by atoms with Crippen molar-refractivity contribution >= 4 is 29.3 Å². The van der Waals surface area contributed by atoms with Gasteiger partial charge in [0.15, 0.2) is 6.23 Å². The molecular formula is C9H14N3O12P3. The molecule has 4 atom stereocenters. The SMILES string of the molecule is Nc1ccn([C@H]2C=C[C@@H](COP(=O)(O)OP(=O)(O)OP(=O)(O)O)O2)c(=O)n1. The van der Waals surface area contributed by atoms with Crippen LogP contribution in [0.15, 0.2) is 29.2 Å². The summed E-state index contributed by atoms with van der Waals surface area (Å²) in [5, 5.41) is 0. The second-order valence-corrected chi connectivity index (χ2v) is 9.30. The summed E-state index contributed by atoms with van der Waals surface area (Å²) in [6, 6.07) is 1.35. The molecule has 18 heteroatoms. The van der Waals surface area contributed by atoms with Crippen molar-refractivity contribution in [2.75, 3.05) is 12.3 Å². The van der Waals surface area contributed by atoms with Crippen LogP contribution < -0.4 is 11.4 Å². The van der Waals surface area contributed by atoms with Gasteiger partial charge in [-0.1, -0.05) is 6.08 Å². The molecular weight excluding hydrogens is 435 g/mol. The summed E-state index contributed by atoms with van der Waals surface area (Å²) in [4.78, 5) is 50.4. The zero-order valence-electron chi connectivity index (χ0n) is 13.0. The van der Waals surface area contributed by atoms with E-state index >= 15 is 0 Å². The minimum absolute atomic E-state index is 0.00226. The number of hydrogen-bond acceptors (Lipinski definition) is 10. The molecule has 0 amide bonds. The van der Waals surface area contributed by atoms with Crippen molar-refractivity contribution in [3.05, 3.63) is 34.9 Å². The number of aromatic nitrogens is 2. The third-order valence-electron chi connectivity index (χ3n) is 2.75. The Morgan fingerprint density at radius 3 is 2.41 bits per heavy atom. The molecule has 15 nitrogen and oxygen atoms in total. The molecule has 0 aliphatic carbocycles. The Labute approximate surface area is 150 Å². The predicted molar refractivity (Wildman–Crippen MR) is 85.8 cm³/mol. The molecule has 6 N–H and O–H groups in total. The highest BCUT2D eigenvalue weighted by molar-refractivity contribution is 7.66. The van der Waals surface area contributed by atoms with Crippen LogP contribution in [0.2, 0.25) is 0 Å². The molecule has 2 heterocycles. The molecule has 0 radical (unpaired) electrons. The Hall–Kier alpha value is -1.21. The number of rotatable bonds is 8. The summed E-state index contributed by atoms with van der Waals surface area (Å²) >= 11 is 0. The van der Waals surface area contributed by atoms with Gasteiger partial charge in [0.05, 0.1) is 6.61 Å². The number of nitrogens with two attached hydrogens (primary N) is 1. The predicted octanol–water partition coefficient (Wildman–Crippen LogP) is -0.378. The lowest BCUT2D eigenvalue weighted by Crippen LogP contribution is -2.28. The average Bonchev–Trinajstić information content (AvgIpc) is 2.90. The summed E-state index contributed by atoms with van der Waals surface area (Å²) in [5.41, 5.74) is 4.65. The minimum Gasteiger partial charge on any atom is -0.383 e. The first-order valence-corrected chi connectivity index (χ1v) is 11.3. The van der Waals surface area contributed by atoms with Gasteiger partial charge in [0.1, 0.15) is 11.9 Å². The standard InChI is InChI=1S/C9H14N3O12P3/c10-7-3-4-12(9(13)11-7)8-2-1-6(22-8)5-21-26(17,18)24-27(19,20)23-25(14,15)16/h1-4,6,8H,5H2,(H,17,18)(H,19,20)(H2,10,11,13)(H2,14,15,16)/t6-,8+/m0/s1. The third kappa shape index (κ3) is 7.03. The molecule has 0 saturated heterocycles. The number of hydrogen-bond donors (Lipinski definition) is 5. The van der Waals surface area contributed by atoms with Gasteiger partial charge in [0.25, 0.3) is 0 Å². The molecule has 0 aromatic carbocycles. The maximum Gasteiger partial charge on any atom is 0.490 e. The van der Waals surface area contributed by atoms with Crippen molar-refractivity contribution in [3.8, 4) is 0 Å². The monoisotopic (exact) mass is 449 g/mol. The van der Waals surface area contributed by atoms with Crippen LogP contribution in [-0.2, 0) is 31.6 Å². The van der Waals surface area contributed by atoms with Crippen LogP contribution in [0.4, 0.5) is 5.82 Å². The summed E-state index contributed by atoms with van der Waals surface area (Å²) in [7, 11) is -16.3. The van der Waals surface area contributed by atoms with Crippen molar-refractivity contribution in [2.45, 2.75) is 12.3 Å². The average molecular weight is 449 g/mol. The molecule has 1 aliphatic rings. The van der Waals surface area contributed by atoms with E-state index in [0.717, 1.165) is 4.57 Å². The lowest BCUT2D eigenvalue weighted by Gasteiger charge is -2.19. The highest BCUT2D eigenvalue weighted by atomic mass is 31.3. The quantitative estimate of drug-likeness (QED) is 0.252. The molecule has 0 bridgehead atoms. The van der Waals surface area contributed by atoms with Crippen LogP contribution in [0, 0.1) is 0 Å². The Morgan fingerprint density at radius 1 is 1.15 bits per heavy atom. The first-order chi connectivity index (χ1) is 12.3. The van der Waals surface area contributed by atoms with Crippen LogP contribution in [0.25, 0.3) is 0 Å². The molecule has 1 aliphatic heterocycles. The first kappa shape index (κ1) is 22.1. The van der Waals surface area contributed by atoms with Crippen molar-refractivity contribution in [2.24, 2.45) is 0 Å². The number of ether oxygens (including phenoxy) is 1. The normalized spacial score (nSPS) is 24.4. The third-order valence-corrected chi connectivity index (χ3v) is 6.55. The van der Waals surface area contributed by atoms with E-state index in [1.165, 1.54) is 24.4 Å². The lowest BCUT2D eigenvalue weighted by molar-refractivity contribution is -0.0103. The molecule has 2 rings (SSSR count). The zero-order chi connectivity index (χ0) is 20.5. The molecule has 2 unspecified atom stereocenters. The Morgan fingerprint density at radius 2 is 1.81 bits per heavy atom. The van der Waals surface area contributed by atoms with Gasteiger partial charge in [-0.15, -0.1) is 0 Å². The fraction of sp³-hybridized carbons (Fsp3) is 0.333. The van der Waals surface area contributed by atoms with Crippen LogP contribution in [0.3, 0.4) is 0 Å². The Bertz CT molecular complexity index is 924. The Balaban J connectivity index is 1.92. The second-order valence-electron chi connectivity index (χ2n) is 4.88. The van der Waals surface area contributed by atoms with E-state index in [4.69, 9.17) is 25.2 Å². The number of phosphoric acid groups is 3. The molecule has 1 aromatic rings. The van der Waals surface area contributed by atoms with E-state index in [1.807, 2.05) is 0 Å². The van der Waals surface area contributed by atoms with Gasteiger partial charge in [-0.2, -0.15) is 13.6 Å². The summed E-state index contributed by atoms with van der Waals surface area (Å²) < 4.78 is 51.3. The number of phosphoric ester groups is 1. The van der Waals surface area contributed by atoms with E-state index in [1.54, 1.807) is 0 Å². The summed E-state index contributed by atoms with van der Waals surface area (Å²) in [5.74, 6) is 0.00226. The van der Waals surface area contributed by atoms with Crippen molar-refractivity contribution in [1.82, 2.24) is 9.55 Å². The van der Waals surface area contributed by atoms with E-state index in [0.29, 0.717) is 0 Å². The highest BCUT2D eigenvalue weighted by Crippen LogP contribution is 2.66. The maximum atomic E-state index is 11.7. The van der Waals surface area contributed by atoms with Crippen LogP contribution >= 0.6 is 23.5 Å². The second kappa shape index (κ2) is 8.03. The fourth-order valence-electron chi connectivity index (χ4n) is 1.83. The minimum atomic E-state index is -5.59. The van der Waals surface area contributed by atoms with Crippen LogP contribution in [-0.4, -0.2) is 41.8 Å². The summed E-state index contributed by atoms with van der Waals surface area (Å²) in [6.07, 6.45) is 2.19. The van der Waals surface area contributed by atoms with Crippen molar-refractivity contribution in [1.29, 1.82) is 0 Å². The van der Waals surface area contributed by atoms with E-state index in [2.05, 4.69) is 18.1 Å². The maximum absolute atomic E-state index is 11.7. The first-order valence-electron chi connectivity index (χ1n) is 6.73. The Kier molecular flexibility index (Phi) is 6.57. The molecule has 0 spiro atoms. The van der Waals surface area contributed by atoms with Crippen molar-refractivity contribution < 1.29 is 51.2 Å². The largest absolute Gasteiger partial charge is 0.490 e. The van der Waals surface area contributed by atoms with Gasteiger partial charge in [0.2, 0.25) is 0 Å². The number of nitrogen functional groups attached to an aromatic ring is 1. The molecule has 152 valence electrons. The smallest absolute Gasteiger partial charge is 0.383 e. The molecule has 27 heavy (non-hydrogen) atoms. The van der Waals surface area contributed by atoms with Gasteiger partial charge in [-0.25, -0.2) is 18.5 Å². The lowest BCUT2D eigenvalue weighted by atomic mass is 10.4. The number of anilines is 1. The van der Waals surface area contributed by atoms with E-state index < -0.39 is 48.1 Å². The van der Waals surface area contributed by atoms with Crippen molar-refractivity contribution in [3.63, 3.8) is 0 Å². The van der Waals surface area contributed by atoms with Gasteiger partial charge in [0, 0.05) is 6.20 Å².